The van der Waals surface area contributed by atoms with Crippen molar-refractivity contribution in [1.82, 2.24) is 10.2 Å². The van der Waals surface area contributed by atoms with Gasteiger partial charge in [-0.05, 0) is 57.7 Å². The van der Waals surface area contributed by atoms with Gasteiger partial charge < -0.3 is 19.7 Å². The third kappa shape index (κ3) is 6.52. The zero-order valence-electron chi connectivity index (χ0n) is 16.1. The first-order valence-electron chi connectivity index (χ1n) is 8.90. The molecule has 142 valence electrons. The van der Waals surface area contributed by atoms with E-state index < -0.39 is 0 Å². The van der Waals surface area contributed by atoms with E-state index in [1.54, 1.807) is 7.11 Å². The Morgan fingerprint density at radius 3 is 2.62 bits per heavy atom. The molecule has 2 rings (SSSR count). The lowest BCUT2D eigenvalue weighted by atomic mass is 10.1. The number of methoxy groups -OCH3 is 1. The van der Waals surface area contributed by atoms with Crippen molar-refractivity contribution in [3.05, 3.63) is 58.1 Å². The Bertz CT molecular complexity index is 704. The first kappa shape index (κ1) is 20.6. The number of hydrogen-bond acceptors (Lipinski definition) is 4. The van der Waals surface area contributed by atoms with E-state index in [0.29, 0.717) is 29.7 Å². The molecule has 0 spiro atoms. The second-order valence-corrected chi connectivity index (χ2v) is 7.11. The van der Waals surface area contributed by atoms with Gasteiger partial charge in [-0.15, -0.1) is 0 Å². The summed E-state index contributed by atoms with van der Waals surface area (Å²) in [5.74, 6) is 1.36. The summed E-state index contributed by atoms with van der Waals surface area (Å²) < 4.78 is 11.4. The summed E-state index contributed by atoms with van der Waals surface area (Å²) >= 11 is 6.44. The van der Waals surface area contributed by atoms with E-state index in [9.17, 15) is 0 Å². The third-order valence-electron chi connectivity index (χ3n) is 4.08. The van der Waals surface area contributed by atoms with Gasteiger partial charge in [0.25, 0.3) is 0 Å². The lowest BCUT2D eigenvalue weighted by molar-refractivity contribution is 0.284. The first-order chi connectivity index (χ1) is 12.5. The van der Waals surface area contributed by atoms with Crippen molar-refractivity contribution in [1.29, 1.82) is 0 Å². The SMILES string of the molecule is COc1cc(CNCCCN(C)C)c(Cl)cc1OCc1cccc(C)c1. The summed E-state index contributed by atoms with van der Waals surface area (Å²) in [6.45, 7) is 5.27. The van der Waals surface area contributed by atoms with Gasteiger partial charge in [-0.3, -0.25) is 0 Å². The normalized spacial score (nSPS) is 11.0. The van der Waals surface area contributed by atoms with Crippen LogP contribution in [0.5, 0.6) is 11.5 Å². The highest BCUT2D eigenvalue weighted by molar-refractivity contribution is 6.31. The summed E-state index contributed by atoms with van der Waals surface area (Å²) in [5.41, 5.74) is 3.35. The molecule has 2 aromatic carbocycles. The molecule has 0 unspecified atom stereocenters. The van der Waals surface area contributed by atoms with Gasteiger partial charge in [0, 0.05) is 17.6 Å². The molecule has 0 aromatic heterocycles. The van der Waals surface area contributed by atoms with Gasteiger partial charge in [0.15, 0.2) is 11.5 Å². The predicted octanol–water partition coefficient (Wildman–Crippen LogP) is 4.28. The quantitative estimate of drug-likeness (QED) is 0.627. The topological polar surface area (TPSA) is 33.7 Å². The molecular weight excluding hydrogens is 348 g/mol. The van der Waals surface area contributed by atoms with Crippen LogP contribution in [0.25, 0.3) is 0 Å². The van der Waals surface area contributed by atoms with Crippen LogP contribution in [0, 0.1) is 6.92 Å². The van der Waals surface area contributed by atoms with Gasteiger partial charge in [0.2, 0.25) is 0 Å². The van der Waals surface area contributed by atoms with Gasteiger partial charge in [-0.1, -0.05) is 41.4 Å². The van der Waals surface area contributed by atoms with Crippen LogP contribution in [0.3, 0.4) is 0 Å². The Balaban J connectivity index is 1.97. The van der Waals surface area contributed by atoms with Crippen LogP contribution in [0.4, 0.5) is 0 Å². The fraction of sp³-hybridized carbons (Fsp3) is 0.429. The van der Waals surface area contributed by atoms with Crippen LogP contribution in [0.2, 0.25) is 5.02 Å². The molecule has 0 aliphatic carbocycles. The molecule has 2 aromatic rings. The number of nitrogens with zero attached hydrogens (tertiary/aromatic N) is 1. The van der Waals surface area contributed by atoms with Gasteiger partial charge in [0.1, 0.15) is 6.61 Å². The Labute approximate surface area is 162 Å². The van der Waals surface area contributed by atoms with Crippen LogP contribution in [-0.4, -0.2) is 39.2 Å². The van der Waals surface area contributed by atoms with E-state index in [4.69, 9.17) is 21.1 Å². The predicted molar refractivity (Wildman–Crippen MR) is 108 cm³/mol. The maximum absolute atomic E-state index is 6.44. The van der Waals surface area contributed by atoms with Crippen LogP contribution in [0.1, 0.15) is 23.1 Å². The number of aryl methyl sites for hydroxylation is 1. The number of rotatable bonds is 10. The Morgan fingerprint density at radius 1 is 1.12 bits per heavy atom. The Hall–Kier alpha value is -1.75. The minimum absolute atomic E-state index is 0.483. The van der Waals surface area contributed by atoms with E-state index >= 15 is 0 Å². The molecule has 0 amide bonds. The van der Waals surface area contributed by atoms with E-state index in [-0.39, 0.29) is 0 Å². The molecule has 4 nitrogen and oxygen atoms in total. The summed E-state index contributed by atoms with van der Waals surface area (Å²) in [6, 6.07) is 12.1. The van der Waals surface area contributed by atoms with E-state index in [2.05, 4.69) is 43.4 Å². The monoisotopic (exact) mass is 376 g/mol. The molecular formula is C21H29ClN2O2. The maximum Gasteiger partial charge on any atom is 0.163 e. The van der Waals surface area contributed by atoms with Crippen LogP contribution in [0.15, 0.2) is 36.4 Å². The summed E-state index contributed by atoms with van der Waals surface area (Å²) in [7, 11) is 5.81. The van der Waals surface area contributed by atoms with Gasteiger partial charge in [0.05, 0.1) is 7.11 Å². The van der Waals surface area contributed by atoms with Gasteiger partial charge in [-0.2, -0.15) is 0 Å². The average Bonchev–Trinajstić information content (AvgIpc) is 2.60. The lowest BCUT2D eigenvalue weighted by Gasteiger charge is -2.15. The van der Waals surface area contributed by atoms with Gasteiger partial charge >= 0.3 is 0 Å². The van der Waals surface area contributed by atoms with Crippen molar-refractivity contribution in [3.8, 4) is 11.5 Å². The van der Waals surface area contributed by atoms with Crippen molar-refractivity contribution < 1.29 is 9.47 Å². The Morgan fingerprint density at radius 2 is 1.92 bits per heavy atom. The Kier molecular flexibility index (Phi) is 8.23. The number of ether oxygens (including phenoxy) is 2. The van der Waals surface area contributed by atoms with E-state index in [1.807, 2.05) is 24.3 Å². The third-order valence-corrected chi connectivity index (χ3v) is 4.44. The number of hydrogen-bond donors (Lipinski definition) is 1. The molecule has 26 heavy (non-hydrogen) atoms. The van der Waals surface area contributed by atoms with Crippen LogP contribution < -0.4 is 14.8 Å². The second-order valence-electron chi connectivity index (χ2n) is 6.71. The molecule has 0 saturated heterocycles. The van der Waals surface area contributed by atoms with E-state index in [0.717, 1.165) is 30.6 Å². The van der Waals surface area contributed by atoms with Gasteiger partial charge in [-0.25, -0.2) is 0 Å². The van der Waals surface area contributed by atoms with Crippen molar-refractivity contribution in [3.63, 3.8) is 0 Å². The molecule has 0 saturated carbocycles. The first-order valence-corrected chi connectivity index (χ1v) is 9.27. The summed E-state index contributed by atoms with van der Waals surface area (Å²) in [6.07, 6.45) is 1.10. The fourth-order valence-corrected chi connectivity index (χ4v) is 2.91. The van der Waals surface area contributed by atoms with Crippen molar-refractivity contribution >= 4 is 11.6 Å². The zero-order chi connectivity index (χ0) is 18.9. The molecule has 0 atom stereocenters. The number of halogens is 1. The zero-order valence-corrected chi connectivity index (χ0v) is 16.9. The highest BCUT2D eigenvalue weighted by Gasteiger charge is 2.11. The molecule has 5 heteroatoms. The molecule has 0 fully saturated rings. The highest BCUT2D eigenvalue weighted by atomic mass is 35.5. The highest BCUT2D eigenvalue weighted by Crippen LogP contribution is 2.34. The minimum Gasteiger partial charge on any atom is -0.493 e. The van der Waals surface area contributed by atoms with Crippen LogP contribution >= 0.6 is 11.6 Å². The second kappa shape index (κ2) is 10.4. The lowest BCUT2D eigenvalue weighted by Crippen LogP contribution is -2.21. The maximum atomic E-state index is 6.44. The van der Waals surface area contributed by atoms with E-state index in [1.165, 1.54) is 5.56 Å². The molecule has 0 aliphatic heterocycles. The molecule has 1 N–H and O–H groups in total. The van der Waals surface area contributed by atoms with Crippen molar-refractivity contribution in [2.24, 2.45) is 0 Å². The van der Waals surface area contributed by atoms with Crippen molar-refractivity contribution in [2.45, 2.75) is 26.5 Å². The summed E-state index contributed by atoms with van der Waals surface area (Å²) in [4.78, 5) is 2.18. The minimum atomic E-state index is 0.483. The summed E-state index contributed by atoms with van der Waals surface area (Å²) in [5, 5.41) is 4.11. The standard InChI is InChI=1S/C21H29ClN2O2/c1-16-7-5-8-17(11-16)15-26-21-13-19(22)18(12-20(21)25-4)14-23-9-6-10-24(2)3/h5,7-8,11-13,23H,6,9-10,14-15H2,1-4H3. The number of nitrogens with one attached hydrogen (secondary N) is 1. The largest absolute Gasteiger partial charge is 0.493 e. The number of benzene rings is 2. The molecule has 0 heterocycles. The average molecular weight is 377 g/mol. The molecule has 0 radical (unpaired) electrons. The molecule has 0 aliphatic rings. The molecule has 0 bridgehead atoms. The fourth-order valence-electron chi connectivity index (χ4n) is 2.69. The van der Waals surface area contributed by atoms with Crippen LogP contribution in [-0.2, 0) is 13.2 Å². The smallest absolute Gasteiger partial charge is 0.163 e. The van der Waals surface area contributed by atoms with Crippen molar-refractivity contribution in [2.75, 3.05) is 34.3 Å².